The van der Waals surface area contributed by atoms with E-state index >= 15 is 0 Å². The monoisotopic (exact) mass is 306 g/mol. The summed E-state index contributed by atoms with van der Waals surface area (Å²) >= 11 is 0. The van der Waals surface area contributed by atoms with Crippen LogP contribution in [-0.4, -0.2) is 28.7 Å². The Balaban J connectivity index is 0.000000847. The third kappa shape index (κ3) is 2.61. The zero-order chi connectivity index (χ0) is 16.4. The van der Waals surface area contributed by atoms with Crippen molar-refractivity contribution in [3.8, 4) is 0 Å². The topological polar surface area (TPSA) is 66.5 Å². The third-order valence-electron chi connectivity index (χ3n) is 3.85. The molecule has 1 fully saturated rings. The average molecular weight is 306 g/mol. The second kappa shape index (κ2) is 6.25. The number of nitrogens with one attached hydrogen (secondary N) is 1. The Hall–Kier alpha value is -2.24. The van der Waals surface area contributed by atoms with Crippen LogP contribution in [0.15, 0.2) is 12.1 Å². The van der Waals surface area contributed by atoms with Gasteiger partial charge in [0.2, 0.25) is 11.8 Å². The molecule has 2 heterocycles. The Kier molecular flexibility index (Phi) is 4.59. The van der Waals surface area contributed by atoms with E-state index in [1.165, 1.54) is 11.0 Å². The van der Waals surface area contributed by atoms with Crippen molar-refractivity contribution < 1.29 is 18.8 Å². The maximum atomic E-state index is 13.8. The summed E-state index contributed by atoms with van der Waals surface area (Å²) in [6.45, 7) is 5.82. The molecule has 2 aliphatic rings. The molecule has 3 rings (SSSR count). The Morgan fingerprint density at radius 1 is 1.23 bits per heavy atom. The number of fused-ring (bicyclic) bond motifs is 1. The summed E-state index contributed by atoms with van der Waals surface area (Å²) in [6.07, 6.45) is 0.475. The highest BCUT2D eigenvalue weighted by molar-refractivity contribution is 6.05. The number of benzene rings is 1. The van der Waals surface area contributed by atoms with E-state index in [9.17, 15) is 18.8 Å². The van der Waals surface area contributed by atoms with Gasteiger partial charge in [0, 0.05) is 12.0 Å². The van der Waals surface area contributed by atoms with E-state index in [-0.39, 0.29) is 31.2 Å². The van der Waals surface area contributed by atoms with Gasteiger partial charge in [-0.15, -0.1) is 0 Å². The van der Waals surface area contributed by atoms with Crippen molar-refractivity contribution in [2.75, 3.05) is 0 Å². The minimum Gasteiger partial charge on any atom is -0.322 e. The number of carbonyl (C=O) groups is 3. The van der Waals surface area contributed by atoms with Crippen LogP contribution in [0.4, 0.5) is 4.39 Å². The summed E-state index contributed by atoms with van der Waals surface area (Å²) in [6, 6.07) is 2.18. The lowest BCUT2D eigenvalue weighted by Crippen LogP contribution is -2.52. The molecule has 3 amide bonds. The van der Waals surface area contributed by atoms with Gasteiger partial charge in [0.25, 0.3) is 5.91 Å². The van der Waals surface area contributed by atoms with Gasteiger partial charge >= 0.3 is 0 Å². The smallest absolute Gasteiger partial charge is 0.255 e. The van der Waals surface area contributed by atoms with Gasteiger partial charge in [0.05, 0.1) is 12.1 Å². The van der Waals surface area contributed by atoms with Crippen molar-refractivity contribution >= 4 is 17.7 Å². The Morgan fingerprint density at radius 2 is 1.91 bits per heavy atom. The van der Waals surface area contributed by atoms with Gasteiger partial charge in [-0.3, -0.25) is 19.7 Å². The molecule has 2 aliphatic heterocycles. The van der Waals surface area contributed by atoms with Crippen molar-refractivity contribution in [1.29, 1.82) is 0 Å². The number of nitrogens with zero attached hydrogens (tertiary/aromatic N) is 1. The molecule has 0 saturated carbocycles. The normalized spacial score (nSPS) is 20.3. The molecular weight excluding hydrogens is 287 g/mol. The summed E-state index contributed by atoms with van der Waals surface area (Å²) < 4.78 is 13.8. The van der Waals surface area contributed by atoms with Crippen LogP contribution in [0, 0.1) is 12.7 Å². The number of carbonyl (C=O) groups excluding carboxylic acids is 3. The summed E-state index contributed by atoms with van der Waals surface area (Å²) in [5, 5.41) is 2.22. The van der Waals surface area contributed by atoms with Crippen LogP contribution in [0.1, 0.15) is 48.2 Å². The Bertz CT molecular complexity index is 643. The minimum absolute atomic E-state index is 0.0773. The van der Waals surface area contributed by atoms with Gasteiger partial charge in [0.15, 0.2) is 0 Å². The van der Waals surface area contributed by atoms with Gasteiger partial charge < -0.3 is 4.90 Å². The van der Waals surface area contributed by atoms with E-state index in [0.717, 1.165) is 0 Å². The molecule has 5 nitrogen and oxygen atoms in total. The maximum absolute atomic E-state index is 13.8. The molecular formula is C16H19FN2O3. The molecule has 1 aromatic carbocycles. The summed E-state index contributed by atoms with van der Waals surface area (Å²) in [4.78, 5) is 36.7. The molecule has 0 bridgehead atoms. The molecule has 22 heavy (non-hydrogen) atoms. The second-order valence-electron chi connectivity index (χ2n) is 5.12. The quantitative estimate of drug-likeness (QED) is 0.806. The summed E-state index contributed by atoms with van der Waals surface area (Å²) in [5.41, 5.74) is 1.37. The number of aryl methyl sites for hydroxylation is 1. The number of rotatable bonds is 1. The predicted molar refractivity (Wildman–Crippen MR) is 78.5 cm³/mol. The Labute approximate surface area is 128 Å². The first-order valence-electron chi connectivity index (χ1n) is 7.41. The van der Waals surface area contributed by atoms with Gasteiger partial charge in [-0.05, 0) is 25.0 Å². The highest BCUT2D eigenvalue weighted by atomic mass is 19.1. The van der Waals surface area contributed by atoms with Crippen molar-refractivity contribution in [1.82, 2.24) is 10.2 Å². The first-order chi connectivity index (χ1) is 10.5. The first-order valence-corrected chi connectivity index (χ1v) is 7.41. The molecule has 0 spiro atoms. The lowest BCUT2D eigenvalue weighted by Gasteiger charge is -2.29. The molecule has 1 atom stereocenters. The zero-order valence-corrected chi connectivity index (χ0v) is 12.9. The van der Waals surface area contributed by atoms with E-state index in [1.807, 2.05) is 13.8 Å². The minimum atomic E-state index is -0.702. The van der Waals surface area contributed by atoms with Gasteiger partial charge in [-0.2, -0.15) is 0 Å². The number of piperidine rings is 1. The lowest BCUT2D eigenvalue weighted by atomic mass is 10.0. The van der Waals surface area contributed by atoms with Crippen molar-refractivity contribution in [3.63, 3.8) is 0 Å². The van der Waals surface area contributed by atoms with Crippen LogP contribution in [0.3, 0.4) is 0 Å². The molecule has 118 valence electrons. The molecule has 0 aliphatic carbocycles. The van der Waals surface area contributed by atoms with Crippen LogP contribution in [0.25, 0.3) is 0 Å². The SMILES string of the molecule is CC.Cc1ccc(F)c2c1C(=O)N(C1CCC(=O)NC1=O)C2. The first kappa shape index (κ1) is 16.1. The molecule has 1 unspecified atom stereocenters. The van der Waals surface area contributed by atoms with E-state index in [2.05, 4.69) is 5.32 Å². The van der Waals surface area contributed by atoms with Crippen LogP contribution < -0.4 is 5.32 Å². The Morgan fingerprint density at radius 3 is 2.50 bits per heavy atom. The lowest BCUT2D eigenvalue weighted by molar-refractivity contribution is -0.136. The van der Waals surface area contributed by atoms with E-state index in [4.69, 9.17) is 0 Å². The fraction of sp³-hybridized carbons (Fsp3) is 0.438. The third-order valence-corrected chi connectivity index (χ3v) is 3.85. The molecule has 0 radical (unpaired) electrons. The van der Waals surface area contributed by atoms with E-state index in [0.29, 0.717) is 16.7 Å². The van der Waals surface area contributed by atoms with E-state index in [1.54, 1.807) is 13.0 Å². The highest BCUT2D eigenvalue weighted by Gasteiger charge is 2.40. The zero-order valence-electron chi connectivity index (χ0n) is 12.9. The standard InChI is InChI=1S/C14H13FN2O3.C2H6/c1-7-2-3-9(15)8-6-17(14(20)12(7)8)10-4-5-11(18)16-13(10)19;1-2/h2-3,10H,4-6H2,1H3,(H,16,18,19);1-2H3. The number of halogens is 1. The second-order valence-corrected chi connectivity index (χ2v) is 5.12. The van der Waals surface area contributed by atoms with Gasteiger partial charge in [0.1, 0.15) is 11.9 Å². The summed E-state index contributed by atoms with van der Waals surface area (Å²) in [5.74, 6) is -1.60. The fourth-order valence-corrected chi connectivity index (χ4v) is 2.81. The number of hydrogen-bond acceptors (Lipinski definition) is 3. The predicted octanol–water partition coefficient (Wildman–Crippen LogP) is 1.92. The fourth-order valence-electron chi connectivity index (χ4n) is 2.81. The van der Waals surface area contributed by atoms with Crippen LogP contribution in [0.5, 0.6) is 0 Å². The van der Waals surface area contributed by atoms with Crippen molar-refractivity contribution in [3.05, 3.63) is 34.6 Å². The van der Waals surface area contributed by atoms with Crippen LogP contribution in [-0.2, 0) is 16.1 Å². The molecule has 6 heteroatoms. The molecule has 1 N–H and O–H groups in total. The largest absolute Gasteiger partial charge is 0.322 e. The van der Waals surface area contributed by atoms with Crippen molar-refractivity contribution in [2.24, 2.45) is 0 Å². The van der Waals surface area contributed by atoms with Crippen LogP contribution in [0.2, 0.25) is 0 Å². The molecule has 0 aromatic heterocycles. The number of imide groups is 1. The molecule has 1 saturated heterocycles. The average Bonchev–Trinajstić information content (AvgIpc) is 2.84. The molecule has 1 aromatic rings. The maximum Gasteiger partial charge on any atom is 0.255 e. The van der Waals surface area contributed by atoms with Gasteiger partial charge in [-0.25, -0.2) is 4.39 Å². The van der Waals surface area contributed by atoms with Gasteiger partial charge in [-0.1, -0.05) is 19.9 Å². The van der Waals surface area contributed by atoms with Crippen molar-refractivity contribution in [2.45, 2.75) is 46.2 Å². The number of hydrogen-bond donors (Lipinski definition) is 1. The van der Waals surface area contributed by atoms with Crippen LogP contribution >= 0.6 is 0 Å². The highest BCUT2D eigenvalue weighted by Crippen LogP contribution is 2.31. The number of amides is 3. The van der Waals surface area contributed by atoms with E-state index < -0.39 is 17.8 Å². The summed E-state index contributed by atoms with van der Waals surface area (Å²) in [7, 11) is 0.